The highest BCUT2D eigenvalue weighted by molar-refractivity contribution is 9.10. The van der Waals surface area contributed by atoms with Gasteiger partial charge in [-0.05, 0) is 46.6 Å². The number of halogens is 4. The van der Waals surface area contributed by atoms with Gasteiger partial charge in [-0.1, -0.05) is 41.4 Å². The predicted molar refractivity (Wildman–Crippen MR) is 135 cm³/mol. The van der Waals surface area contributed by atoms with E-state index in [1.807, 2.05) is 24.3 Å². The number of rotatable bonds is 8. The monoisotopic (exact) mass is 585 g/mol. The molecule has 0 aliphatic heterocycles. The third-order valence-corrected chi connectivity index (χ3v) is 8.13. The van der Waals surface area contributed by atoms with Crippen LogP contribution in [0.25, 0.3) is 16.9 Å². The topological polar surface area (TPSA) is 79.6 Å². The summed E-state index contributed by atoms with van der Waals surface area (Å²) in [5.41, 5.74) is 2.05. The predicted octanol–water partition coefficient (Wildman–Crippen LogP) is 5.73. The second-order valence-corrected chi connectivity index (χ2v) is 11.1. The molecule has 1 N–H and O–H groups in total. The van der Waals surface area contributed by atoms with Crippen LogP contribution in [0.4, 0.5) is 10.2 Å². The van der Waals surface area contributed by atoms with Crippen LogP contribution in [-0.2, 0) is 10.0 Å². The minimum absolute atomic E-state index is 0.133. The first-order valence-corrected chi connectivity index (χ1v) is 13.1. The molecule has 0 bridgehead atoms. The van der Waals surface area contributed by atoms with Crippen molar-refractivity contribution in [3.8, 4) is 11.3 Å². The van der Waals surface area contributed by atoms with E-state index in [4.69, 9.17) is 23.2 Å². The van der Waals surface area contributed by atoms with E-state index in [0.29, 0.717) is 35.1 Å². The standard InChI is InChI=1S/C22H19BrCl2FN5O2S/c1-30(34(32,33)20-8-7-14(24)11-18(20)26)10-4-9-27-21-12-19(15-5-2-3-6-17(15)25)29-22-16(23)13-28-31(21)22/h2-3,5-8,11-13,27H,4,9-10H2,1H3. The third kappa shape index (κ3) is 5.06. The van der Waals surface area contributed by atoms with Crippen LogP contribution in [0.1, 0.15) is 6.42 Å². The van der Waals surface area contributed by atoms with E-state index in [2.05, 4.69) is 31.3 Å². The Labute approximate surface area is 214 Å². The number of nitrogens with one attached hydrogen (secondary N) is 1. The van der Waals surface area contributed by atoms with Crippen molar-refractivity contribution in [3.63, 3.8) is 0 Å². The summed E-state index contributed by atoms with van der Waals surface area (Å²) in [6.07, 6.45) is 2.10. The van der Waals surface area contributed by atoms with E-state index in [-0.39, 0.29) is 11.6 Å². The first-order chi connectivity index (χ1) is 16.2. The van der Waals surface area contributed by atoms with Crippen molar-refractivity contribution >= 4 is 60.6 Å². The Kier molecular flexibility index (Phi) is 7.44. The Morgan fingerprint density at radius 1 is 1.18 bits per heavy atom. The Morgan fingerprint density at radius 3 is 2.68 bits per heavy atom. The van der Waals surface area contributed by atoms with Gasteiger partial charge in [-0.25, -0.2) is 22.1 Å². The molecule has 0 radical (unpaired) electrons. The second-order valence-electron chi connectivity index (χ2n) is 7.42. The maximum Gasteiger partial charge on any atom is 0.245 e. The Morgan fingerprint density at radius 2 is 1.94 bits per heavy atom. The van der Waals surface area contributed by atoms with E-state index < -0.39 is 20.7 Å². The molecular weight excluding hydrogens is 568 g/mol. The minimum atomic E-state index is -3.99. The summed E-state index contributed by atoms with van der Waals surface area (Å²) in [5.74, 6) is -0.215. The zero-order valence-corrected chi connectivity index (χ0v) is 21.8. The van der Waals surface area contributed by atoms with Gasteiger partial charge >= 0.3 is 0 Å². The average Bonchev–Trinajstić information content (AvgIpc) is 3.17. The Bertz CT molecular complexity index is 1470. The molecule has 0 saturated carbocycles. The van der Waals surface area contributed by atoms with Crippen LogP contribution in [0.15, 0.2) is 64.1 Å². The van der Waals surface area contributed by atoms with Gasteiger partial charge in [0.25, 0.3) is 0 Å². The summed E-state index contributed by atoms with van der Waals surface area (Å²) in [5, 5.41) is 8.32. The fourth-order valence-electron chi connectivity index (χ4n) is 3.36. The van der Waals surface area contributed by atoms with Crippen LogP contribution in [0.2, 0.25) is 10.0 Å². The van der Waals surface area contributed by atoms with Crippen molar-refractivity contribution in [2.45, 2.75) is 11.3 Å². The lowest BCUT2D eigenvalue weighted by atomic mass is 10.1. The molecule has 178 valence electrons. The van der Waals surface area contributed by atoms with Gasteiger partial charge in [-0.15, -0.1) is 0 Å². The number of nitrogens with zero attached hydrogens (tertiary/aromatic N) is 4. The fraction of sp³-hybridized carbons (Fsp3) is 0.182. The van der Waals surface area contributed by atoms with Crippen LogP contribution in [-0.4, -0.2) is 47.5 Å². The summed E-state index contributed by atoms with van der Waals surface area (Å²) in [7, 11) is -2.58. The van der Waals surface area contributed by atoms with Crippen LogP contribution >= 0.6 is 39.1 Å². The van der Waals surface area contributed by atoms with Crippen molar-refractivity contribution in [2.24, 2.45) is 0 Å². The molecule has 12 heteroatoms. The van der Waals surface area contributed by atoms with E-state index >= 15 is 0 Å². The molecule has 0 unspecified atom stereocenters. The van der Waals surface area contributed by atoms with Gasteiger partial charge in [0.1, 0.15) is 16.5 Å². The molecule has 0 atom stereocenters. The highest BCUT2D eigenvalue weighted by Gasteiger charge is 2.24. The van der Waals surface area contributed by atoms with Crippen molar-refractivity contribution in [1.29, 1.82) is 0 Å². The van der Waals surface area contributed by atoms with Crippen LogP contribution in [0, 0.1) is 5.82 Å². The van der Waals surface area contributed by atoms with Gasteiger partial charge in [-0.3, -0.25) is 0 Å². The highest BCUT2D eigenvalue weighted by atomic mass is 79.9. The van der Waals surface area contributed by atoms with Crippen molar-refractivity contribution in [3.05, 3.63) is 75.1 Å². The number of benzene rings is 2. The zero-order chi connectivity index (χ0) is 24.5. The smallest absolute Gasteiger partial charge is 0.245 e. The summed E-state index contributed by atoms with van der Waals surface area (Å²) >= 11 is 15.6. The van der Waals surface area contributed by atoms with Crippen LogP contribution in [0.3, 0.4) is 0 Å². The quantitative estimate of drug-likeness (QED) is 0.267. The molecular formula is C22H19BrCl2FN5O2S. The van der Waals surface area contributed by atoms with E-state index in [1.165, 1.54) is 19.2 Å². The summed E-state index contributed by atoms with van der Waals surface area (Å²) in [4.78, 5) is 4.25. The molecule has 4 aromatic rings. The van der Waals surface area contributed by atoms with Crippen molar-refractivity contribution in [1.82, 2.24) is 18.9 Å². The van der Waals surface area contributed by atoms with Gasteiger partial charge in [0, 0.05) is 41.8 Å². The van der Waals surface area contributed by atoms with Gasteiger partial charge in [0.15, 0.2) is 5.65 Å². The number of hydrogen-bond donors (Lipinski definition) is 1. The van der Waals surface area contributed by atoms with Crippen molar-refractivity contribution < 1.29 is 12.8 Å². The first kappa shape index (κ1) is 24.9. The van der Waals surface area contributed by atoms with Gasteiger partial charge in [-0.2, -0.15) is 9.61 Å². The third-order valence-electron chi connectivity index (χ3n) is 5.12. The van der Waals surface area contributed by atoms with Gasteiger partial charge < -0.3 is 5.32 Å². The minimum Gasteiger partial charge on any atom is -0.370 e. The molecule has 0 fully saturated rings. The van der Waals surface area contributed by atoms with Crippen molar-refractivity contribution in [2.75, 3.05) is 25.5 Å². The molecule has 0 aliphatic carbocycles. The molecule has 2 aromatic heterocycles. The van der Waals surface area contributed by atoms with Gasteiger partial charge in [0.05, 0.1) is 16.4 Å². The SMILES string of the molecule is CN(CCCNc1cc(-c2ccccc2Cl)nc2c(Br)cnn12)S(=O)(=O)c1ccc(Cl)cc1F. The highest BCUT2D eigenvalue weighted by Crippen LogP contribution is 2.30. The maximum atomic E-state index is 14.1. The fourth-order valence-corrected chi connectivity index (χ4v) is 5.35. The van der Waals surface area contributed by atoms with E-state index in [0.717, 1.165) is 20.4 Å². The molecule has 34 heavy (non-hydrogen) atoms. The lowest BCUT2D eigenvalue weighted by Gasteiger charge is -2.18. The molecule has 0 spiro atoms. The molecule has 2 heterocycles. The largest absolute Gasteiger partial charge is 0.370 e. The number of sulfonamides is 1. The Hall–Kier alpha value is -2.24. The molecule has 0 saturated heterocycles. The number of hydrogen-bond acceptors (Lipinski definition) is 5. The number of aromatic nitrogens is 3. The summed E-state index contributed by atoms with van der Waals surface area (Å²) in [6.45, 7) is 0.604. The Balaban J connectivity index is 1.49. The molecule has 0 amide bonds. The normalized spacial score (nSPS) is 11.9. The number of fused-ring (bicyclic) bond motifs is 1. The summed E-state index contributed by atoms with van der Waals surface area (Å²) < 4.78 is 43.1. The number of anilines is 1. The molecule has 4 rings (SSSR count). The lowest BCUT2D eigenvalue weighted by molar-refractivity contribution is 0.459. The van der Waals surface area contributed by atoms with Crippen LogP contribution < -0.4 is 5.32 Å². The molecule has 7 nitrogen and oxygen atoms in total. The lowest BCUT2D eigenvalue weighted by Crippen LogP contribution is -2.29. The van der Waals surface area contributed by atoms with E-state index in [9.17, 15) is 12.8 Å². The summed E-state index contributed by atoms with van der Waals surface area (Å²) in [6, 6.07) is 12.7. The van der Waals surface area contributed by atoms with E-state index in [1.54, 1.807) is 16.8 Å². The molecule has 2 aromatic carbocycles. The molecule has 0 aliphatic rings. The average molecular weight is 587 g/mol. The first-order valence-electron chi connectivity index (χ1n) is 10.1. The zero-order valence-electron chi connectivity index (χ0n) is 17.8. The maximum absolute atomic E-state index is 14.1. The second kappa shape index (κ2) is 10.2. The van der Waals surface area contributed by atoms with Crippen LogP contribution in [0.5, 0.6) is 0 Å². The van der Waals surface area contributed by atoms with Gasteiger partial charge in [0.2, 0.25) is 10.0 Å².